The minimum atomic E-state index is -0.963. The van der Waals surface area contributed by atoms with E-state index in [-0.39, 0.29) is 12.2 Å². The molecule has 0 aromatic rings. The van der Waals surface area contributed by atoms with Gasteiger partial charge in [-0.25, -0.2) is 0 Å². The van der Waals surface area contributed by atoms with Gasteiger partial charge in [0.15, 0.2) is 0 Å². The van der Waals surface area contributed by atoms with Crippen LogP contribution >= 0.6 is 0 Å². The topological polar surface area (TPSA) is 74.6 Å². The number of aliphatic hydroxyl groups excluding tert-OH is 1. The third-order valence-electron chi connectivity index (χ3n) is 0.470. The Bertz CT molecular complexity index is 124. The second kappa shape index (κ2) is 7.21. The Balaban J connectivity index is 0. The van der Waals surface area contributed by atoms with Crippen molar-refractivity contribution in [3.05, 3.63) is 0 Å². The van der Waals surface area contributed by atoms with E-state index in [9.17, 15) is 9.59 Å². The van der Waals surface area contributed by atoms with E-state index in [0.717, 1.165) is 0 Å². The lowest BCUT2D eigenvalue weighted by Gasteiger charge is -1.94. The van der Waals surface area contributed by atoms with Gasteiger partial charge in [0, 0.05) is 0 Å². The summed E-state index contributed by atoms with van der Waals surface area (Å²) in [4.78, 5) is 19.1. The lowest BCUT2D eigenvalue weighted by molar-refractivity contribution is -0.138. The summed E-state index contributed by atoms with van der Waals surface area (Å²) in [5, 5.41) is 16.3. The van der Waals surface area contributed by atoms with Crippen LogP contribution in [0.15, 0.2) is 0 Å². The molecule has 0 aromatic heterocycles. The molecule has 0 aliphatic carbocycles. The smallest absolute Gasteiger partial charge is 0.305 e. The van der Waals surface area contributed by atoms with Gasteiger partial charge < -0.3 is 15.0 Å². The zero-order valence-electron chi connectivity index (χ0n) is 7.00. The Morgan fingerprint density at radius 2 is 1.64 bits per heavy atom. The van der Waals surface area contributed by atoms with Crippen LogP contribution in [0, 0.1) is 0 Å². The molecular weight excluding hydrogens is 148 g/mol. The Morgan fingerprint density at radius 1 is 1.36 bits per heavy atom. The molecule has 0 aliphatic heterocycles. The molecule has 0 spiro atoms. The number of Topliss-reactive ketones (excluding diaryl/α,β-unsaturated/α-hetero) is 1. The largest absolute Gasteiger partial charge is 0.481 e. The summed E-state index contributed by atoms with van der Waals surface area (Å²) >= 11 is 0. The zero-order valence-corrected chi connectivity index (χ0v) is 7.00. The number of carboxylic acids is 1. The average Bonchev–Trinajstić information content (AvgIpc) is 1.56. The number of carbonyl (C=O) groups excluding carboxylic acids is 1. The van der Waals surface area contributed by atoms with E-state index in [1.165, 1.54) is 20.8 Å². The fraction of sp³-hybridized carbons (Fsp3) is 0.714. The fourth-order valence-electron chi connectivity index (χ4n) is 0.253. The minimum Gasteiger partial charge on any atom is -0.481 e. The average molecular weight is 162 g/mol. The molecular formula is C7H14O4. The van der Waals surface area contributed by atoms with Gasteiger partial charge >= 0.3 is 5.97 Å². The predicted octanol–water partition coefficient (Wildman–Crippen LogP) is 0.437. The highest BCUT2D eigenvalue weighted by Gasteiger charge is 2.00. The van der Waals surface area contributed by atoms with E-state index in [1.807, 2.05) is 0 Å². The first-order valence-electron chi connectivity index (χ1n) is 3.23. The molecule has 0 amide bonds. The molecule has 1 atom stereocenters. The van der Waals surface area contributed by atoms with Gasteiger partial charge in [0.2, 0.25) is 0 Å². The van der Waals surface area contributed by atoms with Gasteiger partial charge in [0.05, 0.1) is 12.5 Å². The molecule has 0 rings (SSSR count). The fourth-order valence-corrected chi connectivity index (χ4v) is 0.253. The van der Waals surface area contributed by atoms with Crippen molar-refractivity contribution in [2.75, 3.05) is 0 Å². The highest BCUT2D eigenvalue weighted by atomic mass is 16.4. The van der Waals surface area contributed by atoms with E-state index >= 15 is 0 Å². The van der Waals surface area contributed by atoms with E-state index in [2.05, 4.69) is 0 Å². The summed E-state index contributed by atoms with van der Waals surface area (Å²) in [6, 6.07) is 0. The van der Waals surface area contributed by atoms with Crippen LogP contribution in [0.25, 0.3) is 0 Å². The number of aliphatic hydroxyl groups is 1. The molecule has 4 nitrogen and oxygen atoms in total. The standard InChI is InChI=1S/C4H8O3.C3H6O/c1-3(5)2-4(6)7;1-3(2)4/h3,5H,2H2,1H3,(H,6,7);1-2H3/t3-;/m1./s1. The van der Waals surface area contributed by atoms with Crippen molar-refractivity contribution in [3.8, 4) is 0 Å². The van der Waals surface area contributed by atoms with Gasteiger partial charge in [0.25, 0.3) is 0 Å². The number of hydrogen-bond acceptors (Lipinski definition) is 3. The van der Waals surface area contributed by atoms with Crippen molar-refractivity contribution < 1.29 is 19.8 Å². The number of carbonyl (C=O) groups is 2. The number of carboxylic acid groups (broad SMARTS) is 1. The van der Waals surface area contributed by atoms with E-state index in [0.29, 0.717) is 0 Å². The maximum absolute atomic E-state index is 9.65. The van der Waals surface area contributed by atoms with Gasteiger partial charge in [-0.3, -0.25) is 4.79 Å². The summed E-state index contributed by atoms with van der Waals surface area (Å²) in [6.45, 7) is 4.49. The first-order valence-corrected chi connectivity index (χ1v) is 3.23. The van der Waals surface area contributed by atoms with Crippen molar-refractivity contribution >= 4 is 11.8 Å². The highest BCUT2D eigenvalue weighted by molar-refractivity contribution is 5.72. The predicted molar refractivity (Wildman–Crippen MR) is 40.3 cm³/mol. The third-order valence-corrected chi connectivity index (χ3v) is 0.470. The molecule has 2 N–H and O–H groups in total. The van der Waals surface area contributed by atoms with Crippen LogP contribution in [-0.2, 0) is 9.59 Å². The summed E-state index contributed by atoms with van der Waals surface area (Å²) in [6.07, 6.45) is -0.891. The lowest BCUT2D eigenvalue weighted by Crippen LogP contribution is -2.07. The summed E-state index contributed by atoms with van der Waals surface area (Å²) in [5.41, 5.74) is 0. The maximum Gasteiger partial charge on any atom is 0.305 e. The van der Waals surface area contributed by atoms with Crippen molar-refractivity contribution in [2.45, 2.75) is 33.3 Å². The molecule has 0 aliphatic rings. The van der Waals surface area contributed by atoms with Gasteiger partial charge in [0.1, 0.15) is 5.78 Å². The monoisotopic (exact) mass is 162 g/mol. The lowest BCUT2D eigenvalue weighted by atomic mass is 10.3. The molecule has 0 saturated carbocycles. The molecule has 0 radical (unpaired) electrons. The van der Waals surface area contributed by atoms with E-state index < -0.39 is 12.1 Å². The SMILES string of the molecule is CC(C)=O.C[C@@H](O)CC(=O)O. The van der Waals surface area contributed by atoms with Crippen LogP contribution in [0.5, 0.6) is 0 Å². The second-order valence-electron chi connectivity index (χ2n) is 2.36. The number of aliphatic carboxylic acids is 1. The normalized spacial score (nSPS) is 10.9. The Hall–Kier alpha value is -0.900. The number of rotatable bonds is 2. The van der Waals surface area contributed by atoms with Crippen molar-refractivity contribution in [1.82, 2.24) is 0 Å². The second-order valence-corrected chi connectivity index (χ2v) is 2.36. The van der Waals surface area contributed by atoms with Crippen LogP contribution in [0.4, 0.5) is 0 Å². The number of hydrogen-bond donors (Lipinski definition) is 2. The van der Waals surface area contributed by atoms with Gasteiger partial charge in [-0.2, -0.15) is 0 Å². The Morgan fingerprint density at radius 3 is 1.64 bits per heavy atom. The van der Waals surface area contributed by atoms with Crippen LogP contribution in [-0.4, -0.2) is 28.1 Å². The minimum absolute atomic E-state index is 0.167. The van der Waals surface area contributed by atoms with E-state index in [4.69, 9.17) is 10.2 Å². The molecule has 66 valence electrons. The van der Waals surface area contributed by atoms with Gasteiger partial charge in [-0.15, -0.1) is 0 Å². The first kappa shape index (κ1) is 12.7. The van der Waals surface area contributed by atoms with Crippen LogP contribution in [0.1, 0.15) is 27.2 Å². The maximum atomic E-state index is 9.65. The van der Waals surface area contributed by atoms with Crippen molar-refractivity contribution in [1.29, 1.82) is 0 Å². The van der Waals surface area contributed by atoms with Gasteiger partial charge in [-0.05, 0) is 20.8 Å². The van der Waals surface area contributed by atoms with E-state index in [1.54, 1.807) is 0 Å². The van der Waals surface area contributed by atoms with Crippen LogP contribution < -0.4 is 0 Å². The molecule has 0 aromatic carbocycles. The van der Waals surface area contributed by atoms with Crippen molar-refractivity contribution in [3.63, 3.8) is 0 Å². The number of ketones is 1. The third kappa shape index (κ3) is 47.7. The zero-order chi connectivity index (χ0) is 9.44. The molecule has 0 heterocycles. The molecule has 4 heteroatoms. The summed E-state index contributed by atoms with van der Waals surface area (Å²) in [7, 11) is 0. The van der Waals surface area contributed by atoms with Gasteiger partial charge in [-0.1, -0.05) is 0 Å². The summed E-state index contributed by atoms with van der Waals surface area (Å²) < 4.78 is 0. The van der Waals surface area contributed by atoms with Crippen LogP contribution in [0.3, 0.4) is 0 Å². The molecule has 0 bridgehead atoms. The summed E-state index contributed by atoms with van der Waals surface area (Å²) in [5.74, 6) is -0.796. The van der Waals surface area contributed by atoms with Crippen LogP contribution in [0.2, 0.25) is 0 Å². The Kier molecular flexibility index (Phi) is 8.36. The Labute approximate surface area is 65.8 Å². The molecule has 0 saturated heterocycles. The van der Waals surface area contributed by atoms with Crippen molar-refractivity contribution in [2.24, 2.45) is 0 Å². The quantitative estimate of drug-likeness (QED) is 0.617. The highest BCUT2D eigenvalue weighted by Crippen LogP contribution is 1.85. The molecule has 11 heavy (non-hydrogen) atoms. The molecule has 0 fully saturated rings. The molecule has 0 unspecified atom stereocenters. The first-order chi connectivity index (χ1) is 4.86.